The fourth-order valence-electron chi connectivity index (χ4n) is 1.38. The maximum absolute atomic E-state index is 11.4. The second kappa shape index (κ2) is 6.70. The topological polar surface area (TPSA) is 60.5 Å². The van der Waals surface area contributed by atoms with Gasteiger partial charge in [-0.05, 0) is 27.7 Å². The predicted molar refractivity (Wildman–Crippen MR) is 72.3 cm³/mol. The molecule has 1 aromatic heterocycles. The number of nitrogens with zero attached hydrogens (tertiary/aromatic N) is 1. The zero-order valence-corrected chi connectivity index (χ0v) is 12.1. The van der Waals surface area contributed by atoms with Crippen molar-refractivity contribution < 1.29 is 14.3 Å². The van der Waals surface area contributed by atoms with E-state index in [1.54, 1.807) is 12.3 Å². The van der Waals surface area contributed by atoms with Gasteiger partial charge in [0.05, 0.1) is 12.2 Å². The van der Waals surface area contributed by atoms with E-state index < -0.39 is 0 Å². The Morgan fingerprint density at radius 3 is 2.78 bits per heavy atom. The molecule has 5 nitrogen and oxygen atoms in total. The number of aromatic nitrogens is 1. The molecule has 0 amide bonds. The number of nitrogens with one attached hydrogen (secondary N) is 1. The van der Waals surface area contributed by atoms with Crippen molar-refractivity contribution in [1.82, 2.24) is 4.98 Å². The first-order valence-electron chi connectivity index (χ1n) is 5.99. The molecule has 0 saturated heterocycles. The number of rotatable bonds is 7. The van der Waals surface area contributed by atoms with Gasteiger partial charge in [-0.1, -0.05) is 0 Å². The number of hydrogen-bond acceptors (Lipinski definition) is 6. The molecule has 0 saturated carbocycles. The third-order valence-electron chi connectivity index (χ3n) is 2.19. The van der Waals surface area contributed by atoms with Crippen LogP contribution in [0.5, 0.6) is 0 Å². The summed E-state index contributed by atoms with van der Waals surface area (Å²) in [5.41, 5.74) is 0.0865. The zero-order chi connectivity index (χ0) is 13.6. The van der Waals surface area contributed by atoms with Crippen molar-refractivity contribution in [1.29, 1.82) is 0 Å². The summed E-state index contributed by atoms with van der Waals surface area (Å²) >= 11 is 1.38. The molecule has 6 heteroatoms. The first-order chi connectivity index (χ1) is 8.48. The smallest absolute Gasteiger partial charge is 0.357 e. The quantitative estimate of drug-likeness (QED) is 0.773. The van der Waals surface area contributed by atoms with Crippen LogP contribution in [0.2, 0.25) is 0 Å². The van der Waals surface area contributed by atoms with Gasteiger partial charge >= 0.3 is 5.97 Å². The van der Waals surface area contributed by atoms with Crippen LogP contribution >= 0.6 is 11.3 Å². The Morgan fingerprint density at radius 1 is 1.44 bits per heavy atom. The number of ether oxygens (including phenoxy) is 2. The van der Waals surface area contributed by atoms with Crippen molar-refractivity contribution in [3.05, 3.63) is 11.1 Å². The summed E-state index contributed by atoms with van der Waals surface area (Å²) < 4.78 is 10.4. The Morgan fingerprint density at radius 2 is 2.17 bits per heavy atom. The van der Waals surface area contributed by atoms with Gasteiger partial charge in [0.25, 0.3) is 0 Å². The summed E-state index contributed by atoms with van der Waals surface area (Å²) in [5.74, 6) is -0.383. The average Bonchev–Trinajstić information content (AvgIpc) is 2.75. The van der Waals surface area contributed by atoms with E-state index in [0.29, 0.717) is 30.6 Å². The van der Waals surface area contributed by atoms with Crippen molar-refractivity contribution in [2.24, 2.45) is 0 Å². The van der Waals surface area contributed by atoms with E-state index in [0.717, 1.165) is 0 Å². The van der Waals surface area contributed by atoms with Gasteiger partial charge < -0.3 is 14.8 Å². The molecule has 102 valence electrons. The van der Waals surface area contributed by atoms with E-state index in [4.69, 9.17) is 9.47 Å². The standard InChI is InChI=1S/C12H20N2O3S/c1-5-16-10(15)9-7-18-11(14-9)13-8-12(3,4)17-6-2/h7H,5-6,8H2,1-4H3,(H,13,14). The van der Waals surface area contributed by atoms with Crippen molar-refractivity contribution in [2.45, 2.75) is 33.3 Å². The van der Waals surface area contributed by atoms with E-state index in [1.807, 2.05) is 20.8 Å². The highest BCUT2D eigenvalue weighted by Gasteiger charge is 2.18. The van der Waals surface area contributed by atoms with Crippen molar-refractivity contribution in [3.8, 4) is 0 Å². The Kier molecular flexibility index (Phi) is 5.55. The highest BCUT2D eigenvalue weighted by Crippen LogP contribution is 2.18. The maximum atomic E-state index is 11.4. The van der Waals surface area contributed by atoms with Gasteiger partial charge in [0.2, 0.25) is 0 Å². The monoisotopic (exact) mass is 272 g/mol. The molecule has 0 bridgehead atoms. The Labute approximate surface area is 112 Å². The molecule has 1 aromatic rings. The lowest BCUT2D eigenvalue weighted by Gasteiger charge is -2.24. The minimum atomic E-state index is -0.383. The van der Waals surface area contributed by atoms with Crippen LogP contribution in [0.25, 0.3) is 0 Å². The Bertz CT molecular complexity index is 390. The first kappa shape index (κ1) is 14.9. The van der Waals surface area contributed by atoms with Gasteiger partial charge in [-0.2, -0.15) is 0 Å². The minimum absolute atomic E-state index is 0.259. The molecule has 0 aliphatic heterocycles. The van der Waals surface area contributed by atoms with Crippen LogP contribution in [0.15, 0.2) is 5.38 Å². The summed E-state index contributed by atoms with van der Waals surface area (Å²) in [6.45, 7) is 9.40. The molecule has 1 rings (SSSR count). The predicted octanol–water partition coefficient (Wildman–Crippen LogP) is 2.55. The number of carbonyl (C=O) groups is 1. The lowest BCUT2D eigenvalue weighted by Crippen LogP contribution is -2.33. The second-order valence-corrected chi connectivity index (χ2v) is 5.16. The molecule has 0 unspecified atom stereocenters. The zero-order valence-electron chi connectivity index (χ0n) is 11.3. The van der Waals surface area contributed by atoms with Crippen LogP contribution in [0, 0.1) is 0 Å². The lowest BCUT2D eigenvalue weighted by atomic mass is 10.1. The third-order valence-corrected chi connectivity index (χ3v) is 2.99. The molecule has 0 aliphatic rings. The average molecular weight is 272 g/mol. The van der Waals surface area contributed by atoms with Crippen LogP contribution in [-0.4, -0.2) is 36.3 Å². The van der Waals surface area contributed by atoms with Gasteiger partial charge in [-0.25, -0.2) is 9.78 Å². The van der Waals surface area contributed by atoms with Gasteiger partial charge in [0.1, 0.15) is 0 Å². The SMILES string of the molecule is CCOC(=O)c1csc(NCC(C)(C)OCC)n1. The van der Waals surface area contributed by atoms with E-state index in [1.165, 1.54) is 11.3 Å². The number of thiazole rings is 1. The first-order valence-corrected chi connectivity index (χ1v) is 6.87. The number of hydrogen-bond donors (Lipinski definition) is 1. The molecular formula is C12H20N2O3S. The van der Waals surface area contributed by atoms with E-state index in [-0.39, 0.29) is 11.6 Å². The van der Waals surface area contributed by atoms with E-state index in [2.05, 4.69) is 10.3 Å². The summed E-state index contributed by atoms with van der Waals surface area (Å²) in [7, 11) is 0. The molecule has 18 heavy (non-hydrogen) atoms. The molecule has 0 aliphatic carbocycles. The van der Waals surface area contributed by atoms with Gasteiger partial charge in [0, 0.05) is 18.5 Å². The van der Waals surface area contributed by atoms with Crippen molar-refractivity contribution in [2.75, 3.05) is 25.1 Å². The Hall–Kier alpha value is -1.14. The largest absolute Gasteiger partial charge is 0.461 e. The molecule has 1 heterocycles. The molecule has 0 atom stereocenters. The molecular weight excluding hydrogens is 252 g/mol. The van der Waals surface area contributed by atoms with E-state index >= 15 is 0 Å². The van der Waals surface area contributed by atoms with Crippen LogP contribution < -0.4 is 5.32 Å². The van der Waals surface area contributed by atoms with Crippen LogP contribution in [0.4, 0.5) is 5.13 Å². The maximum Gasteiger partial charge on any atom is 0.357 e. The number of anilines is 1. The van der Waals surface area contributed by atoms with Gasteiger partial charge in [-0.3, -0.25) is 0 Å². The van der Waals surface area contributed by atoms with E-state index in [9.17, 15) is 4.79 Å². The van der Waals surface area contributed by atoms with Crippen LogP contribution in [-0.2, 0) is 9.47 Å². The lowest BCUT2D eigenvalue weighted by molar-refractivity contribution is 0.000695. The summed E-state index contributed by atoms with van der Waals surface area (Å²) in [6.07, 6.45) is 0. The van der Waals surface area contributed by atoms with Gasteiger partial charge in [-0.15, -0.1) is 11.3 Å². The summed E-state index contributed by atoms with van der Waals surface area (Å²) in [6, 6.07) is 0. The molecule has 0 fully saturated rings. The summed E-state index contributed by atoms with van der Waals surface area (Å²) in [4.78, 5) is 15.6. The minimum Gasteiger partial charge on any atom is -0.461 e. The summed E-state index contributed by atoms with van der Waals surface area (Å²) in [5, 5.41) is 5.55. The molecule has 0 aromatic carbocycles. The highest BCUT2D eigenvalue weighted by molar-refractivity contribution is 7.13. The molecule has 0 radical (unpaired) electrons. The number of esters is 1. The second-order valence-electron chi connectivity index (χ2n) is 4.30. The fraction of sp³-hybridized carbons (Fsp3) is 0.667. The molecule has 0 spiro atoms. The third kappa shape index (κ3) is 4.62. The van der Waals surface area contributed by atoms with Crippen molar-refractivity contribution in [3.63, 3.8) is 0 Å². The number of carbonyl (C=O) groups excluding carboxylic acids is 1. The van der Waals surface area contributed by atoms with Crippen LogP contribution in [0.1, 0.15) is 38.2 Å². The van der Waals surface area contributed by atoms with Gasteiger partial charge in [0.15, 0.2) is 10.8 Å². The molecule has 1 N–H and O–H groups in total. The highest BCUT2D eigenvalue weighted by atomic mass is 32.1. The van der Waals surface area contributed by atoms with Crippen molar-refractivity contribution >= 4 is 22.4 Å². The normalized spacial score (nSPS) is 11.3. The van der Waals surface area contributed by atoms with Crippen LogP contribution in [0.3, 0.4) is 0 Å². The Balaban J connectivity index is 2.51. The fourth-order valence-corrected chi connectivity index (χ4v) is 2.06.